The van der Waals surface area contributed by atoms with Crippen LogP contribution in [0, 0.1) is 0 Å². The first-order chi connectivity index (χ1) is 7.23. The summed E-state index contributed by atoms with van der Waals surface area (Å²) in [5.41, 5.74) is 0. The average Bonchev–Trinajstić information content (AvgIpc) is 2.46. The van der Waals surface area contributed by atoms with Crippen molar-refractivity contribution in [2.75, 3.05) is 0 Å². The van der Waals surface area contributed by atoms with E-state index in [1.165, 1.54) is 5.32 Å². The summed E-state index contributed by atoms with van der Waals surface area (Å²) in [4.78, 5) is 10.9. The summed E-state index contributed by atoms with van der Waals surface area (Å²) in [6.45, 7) is 0. The van der Waals surface area contributed by atoms with Gasteiger partial charge in [-0.1, -0.05) is 23.2 Å². The molecule has 1 amide bonds. The Morgan fingerprint density at radius 1 is 1.50 bits per heavy atom. The summed E-state index contributed by atoms with van der Waals surface area (Å²) >= 11 is 11.4. The van der Waals surface area contributed by atoms with Gasteiger partial charge in [-0.05, 0) is 11.5 Å². The number of alkyl halides is 3. The van der Waals surface area contributed by atoms with Crippen molar-refractivity contribution < 1.29 is 23.1 Å². The molecule has 0 saturated carbocycles. The Bertz CT molecular complexity index is 409. The van der Waals surface area contributed by atoms with Gasteiger partial charge in [0.15, 0.2) is 5.15 Å². The molecule has 90 valence electrons. The third kappa shape index (κ3) is 2.97. The lowest BCUT2D eigenvalue weighted by atomic mass is 10.4. The number of hydrogen-bond donors (Lipinski definition) is 2. The van der Waals surface area contributed by atoms with Crippen molar-refractivity contribution in [3.8, 4) is 0 Å². The fraction of sp³-hybridized carbons (Fsp3) is 0.333. The van der Waals surface area contributed by atoms with Crippen molar-refractivity contribution in [3.05, 3.63) is 15.1 Å². The molecule has 1 heterocycles. The van der Waals surface area contributed by atoms with E-state index in [4.69, 9.17) is 28.3 Å². The van der Waals surface area contributed by atoms with Crippen LogP contribution >= 0.6 is 34.7 Å². The molecule has 10 heteroatoms. The van der Waals surface area contributed by atoms with Crippen LogP contribution < -0.4 is 5.32 Å². The van der Waals surface area contributed by atoms with E-state index in [-0.39, 0.29) is 15.1 Å². The van der Waals surface area contributed by atoms with E-state index in [0.29, 0.717) is 11.5 Å². The zero-order valence-electron chi connectivity index (χ0n) is 7.18. The number of aliphatic hydroxyl groups excluding tert-OH is 1. The molecule has 0 radical (unpaired) electrons. The van der Waals surface area contributed by atoms with Crippen molar-refractivity contribution >= 4 is 40.6 Å². The zero-order valence-corrected chi connectivity index (χ0v) is 9.51. The first kappa shape index (κ1) is 13.5. The molecule has 1 rings (SSSR count). The van der Waals surface area contributed by atoms with Gasteiger partial charge in [-0.15, -0.1) is 0 Å². The molecule has 0 aliphatic rings. The smallest absolute Gasteiger partial charge is 0.366 e. The molecule has 0 spiro atoms. The second-order valence-electron chi connectivity index (χ2n) is 2.53. The molecule has 2 N–H and O–H groups in total. The number of amides is 1. The van der Waals surface area contributed by atoms with E-state index in [1.807, 2.05) is 0 Å². The third-order valence-corrected chi connectivity index (χ3v) is 3.18. The van der Waals surface area contributed by atoms with Gasteiger partial charge in [0.25, 0.3) is 5.91 Å². The van der Waals surface area contributed by atoms with Gasteiger partial charge < -0.3 is 10.4 Å². The van der Waals surface area contributed by atoms with Crippen LogP contribution in [0.5, 0.6) is 0 Å². The Morgan fingerprint density at radius 3 is 2.44 bits per heavy atom. The normalized spacial score (nSPS) is 13.6. The first-order valence-corrected chi connectivity index (χ1v) is 5.12. The molecule has 16 heavy (non-hydrogen) atoms. The van der Waals surface area contributed by atoms with Crippen molar-refractivity contribution in [2.45, 2.75) is 12.4 Å². The summed E-state index contributed by atoms with van der Waals surface area (Å²) in [5, 5.41) is 9.44. The molecule has 0 fully saturated rings. The fourth-order valence-electron chi connectivity index (χ4n) is 0.672. The Labute approximate surface area is 101 Å². The average molecular weight is 295 g/mol. The standard InChI is InChI=1S/C6H3Cl2F3N2O2S/c7-1-2(16-13-3(1)8)4(14)12-5(15)6(9,10)11/h5,15H,(H,12,14). The maximum Gasteiger partial charge on any atom is 0.433 e. The lowest BCUT2D eigenvalue weighted by Gasteiger charge is -2.15. The molecular weight excluding hydrogens is 292 g/mol. The number of hydrogen-bond acceptors (Lipinski definition) is 4. The minimum Gasteiger partial charge on any atom is -0.366 e. The van der Waals surface area contributed by atoms with Crippen molar-refractivity contribution in [2.24, 2.45) is 0 Å². The van der Waals surface area contributed by atoms with E-state index in [9.17, 15) is 18.0 Å². The molecule has 0 bridgehead atoms. The number of nitrogens with one attached hydrogen (secondary N) is 1. The number of carbonyl (C=O) groups is 1. The van der Waals surface area contributed by atoms with Gasteiger partial charge in [0, 0.05) is 0 Å². The Hall–Kier alpha value is -0.570. The van der Waals surface area contributed by atoms with E-state index in [1.54, 1.807) is 0 Å². The van der Waals surface area contributed by atoms with Gasteiger partial charge in [0.1, 0.15) is 9.90 Å². The molecule has 1 aromatic rings. The Kier molecular flexibility index (Phi) is 4.00. The molecule has 0 aromatic carbocycles. The van der Waals surface area contributed by atoms with Crippen molar-refractivity contribution in [3.63, 3.8) is 0 Å². The highest BCUT2D eigenvalue weighted by molar-refractivity contribution is 7.09. The third-order valence-electron chi connectivity index (χ3n) is 1.38. The van der Waals surface area contributed by atoms with Gasteiger partial charge in [-0.3, -0.25) is 4.79 Å². The lowest BCUT2D eigenvalue weighted by molar-refractivity contribution is -0.209. The molecule has 0 saturated heterocycles. The number of halogens is 5. The van der Waals surface area contributed by atoms with Crippen molar-refractivity contribution in [1.82, 2.24) is 9.69 Å². The van der Waals surface area contributed by atoms with Crippen molar-refractivity contribution in [1.29, 1.82) is 0 Å². The number of nitrogens with zero attached hydrogens (tertiary/aromatic N) is 1. The predicted molar refractivity (Wildman–Crippen MR) is 51.7 cm³/mol. The predicted octanol–water partition coefficient (Wildman–Crippen LogP) is 2.06. The SMILES string of the molecule is O=C(NC(O)C(F)(F)F)c1snc(Cl)c1Cl. The highest BCUT2D eigenvalue weighted by atomic mass is 35.5. The maximum absolute atomic E-state index is 11.9. The number of rotatable bonds is 2. The molecular formula is C6H3Cl2F3N2O2S. The maximum atomic E-state index is 11.9. The van der Waals surface area contributed by atoms with E-state index < -0.39 is 18.3 Å². The lowest BCUT2D eigenvalue weighted by Crippen LogP contribution is -2.45. The van der Waals surface area contributed by atoms with Gasteiger partial charge in [0.05, 0.1) is 0 Å². The Morgan fingerprint density at radius 2 is 2.06 bits per heavy atom. The van der Waals surface area contributed by atoms with E-state index in [2.05, 4.69) is 4.37 Å². The van der Waals surface area contributed by atoms with Crippen LogP contribution in [-0.2, 0) is 0 Å². The molecule has 0 aliphatic carbocycles. The van der Waals surface area contributed by atoms with Crippen LogP contribution in [0.3, 0.4) is 0 Å². The van der Waals surface area contributed by atoms with Gasteiger partial charge >= 0.3 is 6.18 Å². The zero-order chi connectivity index (χ0) is 12.5. The van der Waals surface area contributed by atoms with Crippen LogP contribution in [0.2, 0.25) is 10.2 Å². The quantitative estimate of drug-likeness (QED) is 0.821. The molecule has 1 atom stereocenters. The summed E-state index contributed by atoms with van der Waals surface area (Å²) in [5.74, 6) is -1.20. The Balaban J connectivity index is 2.78. The van der Waals surface area contributed by atoms with Crippen LogP contribution in [0.15, 0.2) is 0 Å². The monoisotopic (exact) mass is 294 g/mol. The summed E-state index contributed by atoms with van der Waals surface area (Å²) in [7, 11) is 0. The summed E-state index contributed by atoms with van der Waals surface area (Å²) < 4.78 is 39.1. The molecule has 1 unspecified atom stereocenters. The number of carbonyl (C=O) groups excluding carboxylic acids is 1. The number of aromatic nitrogens is 1. The second kappa shape index (κ2) is 4.74. The molecule has 0 aliphatic heterocycles. The minimum absolute atomic E-state index is 0.182. The minimum atomic E-state index is -4.95. The summed E-state index contributed by atoms with van der Waals surface area (Å²) in [6, 6.07) is 0. The van der Waals surface area contributed by atoms with Gasteiger partial charge in [0.2, 0.25) is 6.23 Å². The highest BCUT2D eigenvalue weighted by Crippen LogP contribution is 2.28. The van der Waals surface area contributed by atoms with Crippen LogP contribution in [0.25, 0.3) is 0 Å². The summed E-state index contributed by atoms with van der Waals surface area (Å²) in [6.07, 6.45) is -7.91. The van der Waals surface area contributed by atoms with E-state index in [0.717, 1.165) is 0 Å². The first-order valence-electron chi connectivity index (χ1n) is 3.59. The van der Waals surface area contributed by atoms with Crippen LogP contribution in [-0.4, -0.2) is 27.8 Å². The molecule has 1 aromatic heterocycles. The van der Waals surface area contributed by atoms with Gasteiger partial charge in [-0.2, -0.15) is 17.5 Å². The highest BCUT2D eigenvalue weighted by Gasteiger charge is 2.40. The topological polar surface area (TPSA) is 62.2 Å². The fourth-order valence-corrected chi connectivity index (χ4v) is 1.79. The van der Waals surface area contributed by atoms with Gasteiger partial charge in [-0.25, -0.2) is 0 Å². The van der Waals surface area contributed by atoms with E-state index >= 15 is 0 Å². The second-order valence-corrected chi connectivity index (χ2v) is 4.04. The molecule has 4 nitrogen and oxygen atoms in total. The number of aliphatic hydroxyl groups is 1. The largest absolute Gasteiger partial charge is 0.433 e. The van der Waals surface area contributed by atoms with Crippen LogP contribution in [0.4, 0.5) is 13.2 Å². The van der Waals surface area contributed by atoms with Crippen LogP contribution in [0.1, 0.15) is 9.67 Å².